The number of anilines is 1. The molecule has 0 amide bonds. The van der Waals surface area contributed by atoms with Crippen LogP contribution in [0.3, 0.4) is 0 Å². The van der Waals surface area contributed by atoms with Crippen molar-refractivity contribution in [1.82, 2.24) is 0 Å². The van der Waals surface area contributed by atoms with Crippen LogP contribution in [0.4, 0.5) is 5.69 Å². The lowest BCUT2D eigenvalue weighted by Crippen LogP contribution is -2.29. The van der Waals surface area contributed by atoms with Crippen molar-refractivity contribution < 1.29 is 0 Å². The van der Waals surface area contributed by atoms with Gasteiger partial charge in [-0.15, -0.1) is 11.8 Å². The number of thioether (sulfide) groups is 1. The molecule has 1 saturated heterocycles. The first kappa shape index (κ1) is 9.91. The third-order valence-electron chi connectivity index (χ3n) is 2.78. The second-order valence-corrected chi connectivity index (χ2v) is 4.57. The molecule has 1 aliphatic heterocycles. The standard InChI is InChI=1S/C12H17NS/c1-14-12-8-4-3-7-11(12)13-9-5-2-6-10-13/h3-4,7-8H,2,5-6,9-10H2,1H3. The van der Waals surface area contributed by atoms with E-state index in [1.54, 1.807) is 0 Å². The van der Waals surface area contributed by atoms with Crippen molar-refractivity contribution in [2.24, 2.45) is 0 Å². The molecule has 0 unspecified atom stereocenters. The van der Waals surface area contributed by atoms with Crippen LogP contribution in [0, 0.1) is 0 Å². The van der Waals surface area contributed by atoms with E-state index < -0.39 is 0 Å². The Morgan fingerprint density at radius 1 is 1.07 bits per heavy atom. The monoisotopic (exact) mass is 207 g/mol. The van der Waals surface area contributed by atoms with Crippen LogP contribution in [0.2, 0.25) is 0 Å². The van der Waals surface area contributed by atoms with E-state index in [9.17, 15) is 0 Å². The highest BCUT2D eigenvalue weighted by Crippen LogP contribution is 2.29. The maximum Gasteiger partial charge on any atom is 0.0504 e. The summed E-state index contributed by atoms with van der Waals surface area (Å²) in [4.78, 5) is 3.93. The summed E-state index contributed by atoms with van der Waals surface area (Å²) in [5, 5.41) is 0. The molecule has 1 nitrogen and oxygen atoms in total. The molecule has 2 rings (SSSR count). The van der Waals surface area contributed by atoms with E-state index in [0.717, 1.165) is 0 Å². The van der Waals surface area contributed by atoms with Gasteiger partial charge in [0.25, 0.3) is 0 Å². The molecule has 76 valence electrons. The molecule has 1 aromatic carbocycles. The highest BCUT2D eigenvalue weighted by molar-refractivity contribution is 7.98. The van der Waals surface area contributed by atoms with Gasteiger partial charge in [0, 0.05) is 18.0 Å². The maximum absolute atomic E-state index is 2.52. The Balaban J connectivity index is 2.20. The van der Waals surface area contributed by atoms with Gasteiger partial charge in [0.05, 0.1) is 5.69 Å². The lowest BCUT2D eigenvalue weighted by Gasteiger charge is -2.30. The Morgan fingerprint density at radius 3 is 2.50 bits per heavy atom. The molecule has 0 aliphatic carbocycles. The summed E-state index contributed by atoms with van der Waals surface area (Å²) in [6.45, 7) is 2.47. The van der Waals surface area contributed by atoms with Crippen molar-refractivity contribution in [3.8, 4) is 0 Å². The minimum Gasteiger partial charge on any atom is -0.371 e. The van der Waals surface area contributed by atoms with Crippen molar-refractivity contribution in [2.45, 2.75) is 24.2 Å². The van der Waals surface area contributed by atoms with Crippen LogP contribution in [0.15, 0.2) is 29.2 Å². The average Bonchev–Trinajstić information content (AvgIpc) is 2.30. The Morgan fingerprint density at radius 2 is 1.79 bits per heavy atom. The zero-order valence-corrected chi connectivity index (χ0v) is 9.52. The third-order valence-corrected chi connectivity index (χ3v) is 3.57. The van der Waals surface area contributed by atoms with E-state index in [1.807, 2.05) is 11.8 Å². The van der Waals surface area contributed by atoms with Crippen LogP contribution in [0.25, 0.3) is 0 Å². The summed E-state index contributed by atoms with van der Waals surface area (Å²) in [6, 6.07) is 8.73. The molecule has 1 aromatic rings. The van der Waals surface area contributed by atoms with Gasteiger partial charge in [-0.05, 0) is 37.7 Å². The van der Waals surface area contributed by atoms with E-state index >= 15 is 0 Å². The van der Waals surface area contributed by atoms with E-state index in [4.69, 9.17) is 0 Å². The molecule has 0 saturated carbocycles. The molecular formula is C12H17NS. The Labute approximate surface area is 90.5 Å². The molecular weight excluding hydrogens is 190 g/mol. The van der Waals surface area contributed by atoms with Gasteiger partial charge < -0.3 is 4.90 Å². The fraction of sp³-hybridized carbons (Fsp3) is 0.500. The number of benzene rings is 1. The number of piperidine rings is 1. The minimum atomic E-state index is 1.23. The number of nitrogens with zero attached hydrogens (tertiary/aromatic N) is 1. The van der Waals surface area contributed by atoms with Crippen molar-refractivity contribution in [2.75, 3.05) is 24.2 Å². The maximum atomic E-state index is 2.52. The molecule has 14 heavy (non-hydrogen) atoms. The molecule has 0 spiro atoms. The van der Waals surface area contributed by atoms with Gasteiger partial charge in [-0.2, -0.15) is 0 Å². The number of rotatable bonds is 2. The summed E-state index contributed by atoms with van der Waals surface area (Å²) >= 11 is 1.85. The van der Waals surface area contributed by atoms with Crippen LogP contribution >= 0.6 is 11.8 Å². The van der Waals surface area contributed by atoms with Crippen LogP contribution in [-0.4, -0.2) is 19.3 Å². The van der Waals surface area contributed by atoms with Crippen LogP contribution in [-0.2, 0) is 0 Å². The first-order valence-electron chi connectivity index (χ1n) is 5.30. The van der Waals surface area contributed by atoms with E-state index in [2.05, 4.69) is 35.4 Å². The van der Waals surface area contributed by atoms with Gasteiger partial charge in [-0.3, -0.25) is 0 Å². The van der Waals surface area contributed by atoms with Gasteiger partial charge in [-0.25, -0.2) is 0 Å². The molecule has 0 bridgehead atoms. The van der Waals surface area contributed by atoms with Crippen molar-refractivity contribution in [3.63, 3.8) is 0 Å². The van der Waals surface area contributed by atoms with Crippen LogP contribution < -0.4 is 4.90 Å². The van der Waals surface area contributed by atoms with Crippen molar-refractivity contribution in [1.29, 1.82) is 0 Å². The lowest BCUT2D eigenvalue weighted by atomic mass is 10.1. The molecule has 1 heterocycles. The molecule has 2 heteroatoms. The number of para-hydroxylation sites is 1. The predicted octanol–water partition coefficient (Wildman–Crippen LogP) is 3.40. The molecule has 0 atom stereocenters. The van der Waals surface area contributed by atoms with Gasteiger partial charge in [0.1, 0.15) is 0 Å². The smallest absolute Gasteiger partial charge is 0.0504 e. The minimum absolute atomic E-state index is 1.23. The zero-order chi connectivity index (χ0) is 9.80. The Hall–Kier alpha value is -0.630. The van der Waals surface area contributed by atoms with Crippen LogP contribution in [0.5, 0.6) is 0 Å². The topological polar surface area (TPSA) is 3.24 Å². The Bertz CT molecular complexity index is 292. The summed E-state index contributed by atoms with van der Waals surface area (Å²) in [5.41, 5.74) is 1.43. The quantitative estimate of drug-likeness (QED) is 0.684. The molecule has 0 N–H and O–H groups in total. The lowest BCUT2D eigenvalue weighted by molar-refractivity contribution is 0.575. The van der Waals surface area contributed by atoms with Crippen LogP contribution in [0.1, 0.15) is 19.3 Å². The van der Waals surface area contributed by atoms with E-state index in [1.165, 1.54) is 42.9 Å². The van der Waals surface area contributed by atoms with E-state index in [0.29, 0.717) is 0 Å². The molecule has 0 aromatic heterocycles. The van der Waals surface area contributed by atoms with Gasteiger partial charge >= 0.3 is 0 Å². The number of hydrogen-bond donors (Lipinski definition) is 0. The fourth-order valence-electron chi connectivity index (χ4n) is 2.03. The normalized spacial score (nSPS) is 17.1. The van der Waals surface area contributed by atoms with Crippen molar-refractivity contribution >= 4 is 17.4 Å². The first-order chi connectivity index (χ1) is 6.92. The first-order valence-corrected chi connectivity index (χ1v) is 6.52. The summed E-state index contributed by atoms with van der Waals surface area (Å²) in [6.07, 6.45) is 6.26. The fourth-order valence-corrected chi connectivity index (χ4v) is 2.65. The summed E-state index contributed by atoms with van der Waals surface area (Å²) in [7, 11) is 0. The highest BCUT2D eigenvalue weighted by Gasteiger charge is 2.12. The SMILES string of the molecule is CSc1ccccc1N1CCCCC1. The van der Waals surface area contributed by atoms with E-state index in [-0.39, 0.29) is 0 Å². The van der Waals surface area contributed by atoms with Gasteiger partial charge in [0.15, 0.2) is 0 Å². The third kappa shape index (κ3) is 2.06. The predicted molar refractivity (Wildman–Crippen MR) is 64.3 cm³/mol. The van der Waals surface area contributed by atoms with Gasteiger partial charge in [0.2, 0.25) is 0 Å². The second kappa shape index (κ2) is 4.74. The summed E-state index contributed by atoms with van der Waals surface area (Å²) in [5.74, 6) is 0. The van der Waals surface area contributed by atoms with Gasteiger partial charge in [-0.1, -0.05) is 12.1 Å². The number of hydrogen-bond acceptors (Lipinski definition) is 2. The molecule has 0 radical (unpaired) electrons. The molecule has 1 aliphatic rings. The molecule has 1 fully saturated rings. The highest BCUT2D eigenvalue weighted by atomic mass is 32.2. The average molecular weight is 207 g/mol. The van der Waals surface area contributed by atoms with Crippen molar-refractivity contribution in [3.05, 3.63) is 24.3 Å². The largest absolute Gasteiger partial charge is 0.371 e. The second-order valence-electron chi connectivity index (χ2n) is 3.72. The Kier molecular flexibility index (Phi) is 3.35. The summed E-state index contributed by atoms with van der Waals surface area (Å²) < 4.78 is 0. The zero-order valence-electron chi connectivity index (χ0n) is 8.70.